The third kappa shape index (κ3) is 4.47. The highest BCUT2D eigenvalue weighted by atomic mass is 16.3. The van der Waals surface area contributed by atoms with E-state index in [0.29, 0.717) is 29.0 Å². The first-order valence-corrected chi connectivity index (χ1v) is 14.1. The Balaban J connectivity index is 1.10. The largest absolute Gasteiger partial charge is 0.368 e. The highest BCUT2D eigenvalue weighted by Gasteiger charge is 2.42. The van der Waals surface area contributed by atoms with E-state index in [1.807, 2.05) is 78.4 Å². The number of hydrazine groups is 1. The van der Waals surface area contributed by atoms with Crippen molar-refractivity contribution in [1.82, 2.24) is 24.9 Å². The Hall–Kier alpha value is -5.03. The first kappa shape index (κ1) is 25.9. The quantitative estimate of drug-likeness (QED) is 0.367. The van der Waals surface area contributed by atoms with E-state index in [0.717, 1.165) is 48.8 Å². The molecule has 2 aromatic carbocycles. The van der Waals surface area contributed by atoms with Gasteiger partial charge in [-0.05, 0) is 48.5 Å². The second-order valence-electron chi connectivity index (χ2n) is 10.8. The molecule has 1 amide bonds. The molecule has 212 valence electrons. The molecule has 1 atom stereocenters. The van der Waals surface area contributed by atoms with Crippen LogP contribution in [0.25, 0.3) is 0 Å². The zero-order valence-electron chi connectivity index (χ0n) is 23.4. The van der Waals surface area contributed by atoms with E-state index >= 15 is 0 Å². The zero-order valence-corrected chi connectivity index (χ0v) is 23.4. The lowest BCUT2D eigenvalue weighted by atomic mass is 10.1. The van der Waals surface area contributed by atoms with E-state index in [-0.39, 0.29) is 11.8 Å². The van der Waals surface area contributed by atoms with Gasteiger partial charge in [0.25, 0.3) is 0 Å². The minimum atomic E-state index is -1.05. The van der Waals surface area contributed by atoms with Crippen molar-refractivity contribution >= 4 is 46.4 Å². The fourth-order valence-corrected chi connectivity index (χ4v) is 5.61. The number of piperazine rings is 1. The molecule has 11 nitrogen and oxygen atoms in total. The molecule has 0 spiro atoms. The van der Waals surface area contributed by atoms with Crippen LogP contribution in [0.3, 0.4) is 0 Å². The van der Waals surface area contributed by atoms with E-state index in [2.05, 4.69) is 37.3 Å². The predicted octanol–water partition coefficient (Wildman–Crippen LogP) is 4.37. The Morgan fingerprint density at radius 3 is 2.45 bits per heavy atom. The summed E-state index contributed by atoms with van der Waals surface area (Å²) in [4.78, 5) is 35.1. The van der Waals surface area contributed by atoms with Crippen molar-refractivity contribution in [2.75, 3.05) is 41.4 Å². The number of benzene rings is 2. The van der Waals surface area contributed by atoms with Gasteiger partial charge in [0.2, 0.25) is 11.9 Å². The van der Waals surface area contributed by atoms with Crippen molar-refractivity contribution in [1.29, 1.82) is 0 Å². The molecule has 0 aliphatic carbocycles. The van der Waals surface area contributed by atoms with E-state index in [9.17, 15) is 9.90 Å². The molecule has 3 aliphatic heterocycles. The minimum absolute atomic E-state index is 0.0246. The summed E-state index contributed by atoms with van der Waals surface area (Å²) in [6, 6.07) is 21.6. The van der Waals surface area contributed by atoms with E-state index in [4.69, 9.17) is 4.99 Å². The molecule has 5 heterocycles. The van der Waals surface area contributed by atoms with Gasteiger partial charge >= 0.3 is 0 Å². The number of fused-ring (bicyclic) bond motifs is 4. The maximum atomic E-state index is 12.3. The number of aromatic nitrogens is 3. The Morgan fingerprint density at radius 2 is 1.71 bits per heavy atom. The van der Waals surface area contributed by atoms with Crippen molar-refractivity contribution in [2.24, 2.45) is 10.9 Å². The zero-order chi connectivity index (χ0) is 28.8. The number of aliphatic hydroxyl groups excluding tert-OH is 1. The van der Waals surface area contributed by atoms with Crippen LogP contribution in [0.4, 0.5) is 34.6 Å². The van der Waals surface area contributed by atoms with Crippen LogP contribution in [0.2, 0.25) is 0 Å². The van der Waals surface area contributed by atoms with Crippen LogP contribution in [0.1, 0.15) is 31.2 Å². The first-order chi connectivity index (χ1) is 20.5. The summed E-state index contributed by atoms with van der Waals surface area (Å²) < 4.78 is 0. The van der Waals surface area contributed by atoms with Crippen molar-refractivity contribution in [3.8, 4) is 0 Å². The lowest BCUT2D eigenvalue weighted by Crippen LogP contribution is -2.49. The van der Waals surface area contributed by atoms with Crippen molar-refractivity contribution in [3.63, 3.8) is 0 Å². The van der Waals surface area contributed by atoms with Crippen LogP contribution in [0.5, 0.6) is 0 Å². The van der Waals surface area contributed by atoms with Gasteiger partial charge in [0.15, 0.2) is 23.7 Å². The fourth-order valence-electron chi connectivity index (χ4n) is 5.61. The number of aliphatic imine (C=N–C) groups is 1. The summed E-state index contributed by atoms with van der Waals surface area (Å²) in [5.74, 6) is 2.31. The molecule has 11 heteroatoms. The van der Waals surface area contributed by atoms with E-state index in [1.165, 1.54) is 0 Å². The van der Waals surface area contributed by atoms with Crippen LogP contribution in [0, 0.1) is 5.92 Å². The number of hydrogen-bond acceptors (Lipinski definition) is 10. The molecule has 2 aromatic heterocycles. The second kappa shape index (κ2) is 10.4. The predicted molar refractivity (Wildman–Crippen MR) is 161 cm³/mol. The minimum Gasteiger partial charge on any atom is -0.368 e. The normalized spacial score (nSPS) is 17.5. The Bertz CT molecular complexity index is 1650. The molecule has 42 heavy (non-hydrogen) atoms. The monoisotopic (exact) mass is 561 g/mol. The average molecular weight is 562 g/mol. The number of rotatable bonds is 5. The van der Waals surface area contributed by atoms with Gasteiger partial charge in [-0.25, -0.2) is 25.0 Å². The molecule has 3 aliphatic rings. The van der Waals surface area contributed by atoms with Crippen LogP contribution in [0.15, 0.2) is 84.1 Å². The highest BCUT2D eigenvalue weighted by molar-refractivity contribution is 6.11. The molecule has 1 fully saturated rings. The summed E-state index contributed by atoms with van der Waals surface area (Å²) in [7, 11) is 0. The number of pyridine rings is 1. The van der Waals surface area contributed by atoms with Crippen molar-refractivity contribution in [2.45, 2.75) is 20.1 Å². The lowest BCUT2D eigenvalue weighted by Gasteiger charge is -2.37. The summed E-state index contributed by atoms with van der Waals surface area (Å²) in [6.45, 7) is 6.97. The topological polar surface area (TPSA) is 113 Å². The number of nitrogens with one attached hydrogen (secondary N) is 1. The number of hydrogen-bond donors (Lipinski definition) is 2. The fraction of sp³-hybridized carbons (Fsp3) is 0.258. The summed E-state index contributed by atoms with van der Waals surface area (Å²) in [5, 5.41) is 18.4. The standard InChI is InChI=1S/C31H31N9O2/c1-20(2)29(41)38-17-15-37(16-18-38)22-12-10-21(11-13-22)34-31-33-19-24-27(36-31)35-28-23-7-3-4-8-25(23)39(40(28)30(24)42)26-9-5-6-14-32-26/h3-14,19-20,30,42H,15-18H2,1-2H3,(H,33,34,36). The van der Waals surface area contributed by atoms with Crippen LogP contribution in [-0.4, -0.2) is 67.9 Å². The summed E-state index contributed by atoms with van der Waals surface area (Å²) in [6.07, 6.45) is 2.29. The van der Waals surface area contributed by atoms with Gasteiger partial charge in [-0.15, -0.1) is 0 Å². The molecule has 2 N–H and O–H groups in total. The second-order valence-corrected chi connectivity index (χ2v) is 10.8. The molecular weight excluding hydrogens is 530 g/mol. The lowest BCUT2D eigenvalue weighted by molar-refractivity contribution is -0.134. The van der Waals surface area contributed by atoms with Crippen LogP contribution in [-0.2, 0) is 4.79 Å². The number of nitrogens with zero attached hydrogens (tertiary/aromatic N) is 8. The molecule has 4 aromatic rings. The smallest absolute Gasteiger partial charge is 0.229 e. The Labute approximate surface area is 243 Å². The number of carbonyl (C=O) groups is 1. The molecule has 7 rings (SSSR count). The van der Waals surface area contributed by atoms with E-state index in [1.54, 1.807) is 17.4 Å². The van der Waals surface area contributed by atoms with Crippen molar-refractivity contribution < 1.29 is 9.90 Å². The molecular formula is C31H31N9O2. The van der Waals surface area contributed by atoms with Gasteiger partial charge in [-0.3, -0.25) is 4.79 Å². The molecule has 1 unspecified atom stereocenters. The van der Waals surface area contributed by atoms with E-state index < -0.39 is 6.23 Å². The first-order valence-electron chi connectivity index (χ1n) is 14.1. The number of amides is 1. The summed E-state index contributed by atoms with van der Waals surface area (Å²) >= 11 is 0. The van der Waals surface area contributed by atoms with Gasteiger partial charge in [0.1, 0.15) is 0 Å². The maximum Gasteiger partial charge on any atom is 0.229 e. The number of para-hydroxylation sites is 1. The van der Waals surface area contributed by atoms with Gasteiger partial charge in [-0.1, -0.05) is 32.0 Å². The number of amidine groups is 1. The summed E-state index contributed by atoms with van der Waals surface area (Å²) in [5.41, 5.74) is 4.21. The van der Waals surface area contributed by atoms with Gasteiger partial charge < -0.3 is 20.2 Å². The van der Waals surface area contributed by atoms with Crippen LogP contribution >= 0.6 is 0 Å². The average Bonchev–Trinajstić information content (AvgIpc) is 3.36. The van der Waals surface area contributed by atoms with Crippen molar-refractivity contribution in [3.05, 3.63) is 90.3 Å². The molecule has 1 saturated heterocycles. The highest BCUT2D eigenvalue weighted by Crippen LogP contribution is 2.45. The third-order valence-corrected chi connectivity index (χ3v) is 7.76. The number of aliphatic hydroxyl groups is 1. The van der Waals surface area contributed by atoms with Gasteiger partial charge in [0, 0.05) is 61.4 Å². The van der Waals surface area contributed by atoms with Gasteiger partial charge in [-0.2, -0.15) is 4.98 Å². The number of anilines is 5. The molecule has 0 saturated carbocycles. The van der Waals surface area contributed by atoms with Gasteiger partial charge in [0.05, 0.1) is 11.3 Å². The Morgan fingerprint density at radius 1 is 0.952 bits per heavy atom. The maximum absolute atomic E-state index is 12.3. The third-order valence-electron chi connectivity index (χ3n) is 7.76. The SMILES string of the molecule is CC(C)C(=O)N1CCN(c2ccc(Nc3ncc4c(n3)N=C3c5ccccc5N(c5ccccn5)N3C4O)cc2)CC1. The molecule has 0 bridgehead atoms. The van der Waals surface area contributed by atoms with Crippen LogP contribution < -0.4 is 15.2 Å². The molecule has 0 radical (unpaired) electrons. The number of carbonyl (C=O) groups excluding carboxylic acids is 1. The Kier molecular flexibility index (Phi) is 6.43.